The molecule has 0 unspecified atom stereocenters. The van der Waals surface area contributed by atoms with Crippen LogP contribution in [0.1, 0.15) is 32.6 Å². The molecule has 150 valence electrons. The summed E-state index contributed by atoms with van der Waals surface area (Å²) in [6, 6.07) is 18.5. The number of ether oxygens (including phenoxy) is 2. The minimum absolute atomic E-state index is 0.0950. The Balaban J connectivity index is 2.06. The van der Waals surface area contributed by atoms with Crippen LogP contribution in [0.2, 0.25) is 5.02 Å². The second-order valence-electron chi connectivity index (χ2n) is 6.34. The first-order valence-corrected chi connectivity index (χ1v) is 10.4. The van der Waals surface area contributed by atoms with Gasteiger partial charge in [0, 0.05) is 16.5 Å². The summed E-state index contributed by atoms with van der Waals surface area (Å²) in [6.45, 7) is 2.01. The van der Waals surface area contributed by atoms with E-state index in [1.807, 2.05) is 36.4 Å². The van der Waals surface area contributed by atoms with E-state index < -0.39 is 5.97 Å². The topological polar surface area (TPSA) is 35.5 Å². The Labute approximate surface area is 185 Å². The normalized spacial score (nSPS) is 10.6. The first-order valence-electron chi connectivity index (χ1n) is 8.96. The molecule has 0 radical (unpaired) electrons. The standard InChI is InChI=1S/C23H19Cl3O3/c1-15-20(23(27)29-17-10-6-3-7-11-17)22(19(13-25)18(12-24)21(15)26)28-14-16-8-4-2-5-9-16/h2-11H,12-14H2,1H3. The van der Waals surface area contributed by atoms with Crippen molar-refractivity contribution in [2.45, 2.75) is 25.3 Å². The van der Waals surface area contributed by atoms with E-state index in [1.165, 1.54) is 0 Å². The number of hydrogen-bond acceptors (Lipinski definition) is 3. The zero-order chi connectivity index (χ0) is 20.8. The molecule has 3 rings (SSSR count). The number of carbonyl (C=O) groups is 1. The van der Waals surface area contributed by atoms with Gasteiger partial charge in [0.15, 0.2) is 0 Å². The molecule has 0 aromatic heterocycles. The van der Waals surface area contributed by atoms with Gasteiger partial charge < -0.3 is 9.47 Å². The largest absolute Gasteiger partial charge is 0.488 e. The maximum absolute atomic E-state index is 13.1. The highest BCUT2D eigenvalue weighted by Crippen LogP contribution is 2.39. The molecule has 0 aliphatic carbocycles. The van der Waals surface area contributed by atoms with Gasteiger partial charge >= 0.3 is 5.97 Å². The first kappa shape index (κ1) is 21.5. The number of alkyl halides is 2. The van der Waals surface area contributed by atoms with Crippen LogP contribution in [0, 0.1) is 6.92 Å². The number of benzene rings is 3. The monoisotopic (exact) mass is 448 g/mol. The van der Waals surface area contributed by atoms with Crippen LogP contribution in [-0.4, -0.2) is 5.97 Å². The molecule has 0 aliphatic rings. The van der Waals surface area contributed by atoms with E-state index in [0.717, 1.165) is 5.56 Å². The SMILES string of the molecule is Cc1c(Cl)c(CCl)c(CCl)c(OCc2ccccc2)c1C(=O)Oc1ccccc1. The average Bonchev–Trinajstić information content (AvgIpc) is 2.75. The van der Waals surface area contributed by atoms with Gasteiger partial charge in [-0.2, -0.15) is 0 Å². The molecule has 29 heavy (non-hydrogen) atoms. The third-order valence-electron chi connectivity index (χ3n) is 4.49. The van der Waals surface area contributed by atoms with Crippen molar-refractivity contribution in [3.8, 4) is 11.5 Å². The molecule has 3 aromatic rings. The zero-order valence-electron chi connectivity index (χ0n) is 15.8. The van der Waals surface area contributed by atoms with Gasteiger partial charge in [0.25, 0.3) is 0 Å². The predicted molar refractivity (Wildman–Crippen MR) is 117 cm³/mol. The van der Waals surface area contributed by atoms with Crippen molar-refractivity contribution >= 4 is 40.8 Å². The van der Waals surface area contributed by atoms with E-state index in [0.29, 0.717) is 33.2 Å². The van der Waals surface area contributed by atoms with Gasteiger partial charge in [0.1, 0.15) is 23.7 Å². The van der Waals surface area contributed by atoms with E-state index in [4.69, 9.17) is 44.3 Å². The van der Waals surface area contributed by atoms with E-state index in [9.17, 15) is 4.79 Å². The fraction of sp³-hybridized carbons (Fsp3) is 0.174. The molecule has 0 spiro atoms. The molecule has 3 nitrogen and oxygen atoms in total. The summed E-state index contributed by atoms with van der Waals surface area (Å²) >= 11 is 18.8. The van der Waals surface area contributed by atoms with E-state index in [1.54, 1.807) is 31.2 Å². The molecule has 0 heterocycles. The fourth-order valence-corrected chi connectivity index (χ4v) is 3.91. The van der Waals surface area contributed by atoms with Crippen LogP contribution in [-0.2, 0) is 18.4 Å². The molecule has 0 amide bonds. The number of halogens is 3. The molecule has 0 N–H and O–H groups in total. The molecule has 0 saturated heterocycles. The Hall–Kier alpha value is -2.20. The van der Waals surface area contributed by atoms with Crippen LogP contribution in [0.5, 0.6) is 11.5 Å². The number of esters is 1. The Kier molecular flexibility index (Phi) is 7.43. The van der Waals surface area contributed by atoms with Gasteiger partial charge in [-0.05, 0) is 35.7 Å². The summed E-state index contributed by atoms with van der Waals surface area (Å²) in [5.74, 6) is 0.458. The van der Waals surface area contributed by atoms with Crippen LogP contribution in [0.4, 0.5) is 0 Å². The first-order chi connectivity index (χ1) is 14.1. The molecular formula is C23H19Cl3O3. The lowest BCUT2D eigenvalue weighted by Crippen LogP contribution is -2.16. The molecule has 0 atom stereocenters. The highest BCUT2D eigenvalue weighted by Gasteiger charge is 2.27. The van der Waals surface area contributed by atoms with Gasteiger partial charge in [0.05, 0.1) is 5.88 Å². The minimum atomic E-state index is -0.564. The van der Waals surface area contributed by atoms with Crippen molar-refractivity contribution < 1.29 is 14.3 Å². The summed E-state index contributed by atoms with van der Waals surface area (Å²) in [5.41, 5.74) is 2.99. The summed E-state index contributed by atoms with van der Waals surface area (Å²) in [4.78, 5) is 13.1. The minimum Gasteiger partial charge on any atom is -0.488 e. The highest BCUT2D eigenvalue weighted by atomic mass is 35.5. The van der Waals surface area contributed by atoms with Crippen molar-refractivity contribution in [1.82, 2.24) is 0 Å². The molecule has 3 aromatic carbocycles. The number of rotatable bonds is 7. The number of hydrogen-bond donors (Lipinski definition) is 0. The molecule has 0 aliphatic heterocycles. The van der Waals surface area contributed by atoms with E-state index in [2.05, 4.69) is 0 Å². The average molecular weight is 450 g/mol. The fourth-order valence-electron chi connectivity index (χ4n) is 2.99. The van der Waals surface area contributed by atoms with Gasteiger partial charge in [-0.15, -0.1) is 23.2 Å². The van der Waals surface area contributed by atoms with Crippen LogP contribution in [0.15, 0.2) is 60.7 Å². The maximum Gasteiger partial charge on any atom is 0.347 e. The Morgan fingerprint density at radius 3 is 2.07 bits per heavy atom. The number of para-hydroxylation sites is 1. The van der Waals surface area contributed by atoms with Crippen molar-refractivity contribution in [2.24, 2.45) is 0 Å². The summed E-state index contributed by atoms with van der Waals surface area (Å²) in [7, 11) is 0. The summed E-state index contributed by atoms with van der Waals surface area (Å²) in [6.07, 6.45) is 0. The van der Waals surface area contributed by atoms with Crippen molar-refractivity contribution in [3.05, 3.63) is 93.5 Å². The van der Waals surface area contributed by atoms with Crippen molar-refractivity contribution in [1.29, 1.82) is 0 Å². The lowest BCUT2D eigenvalue weighted by molar-refractivity contribution is 0.0728. The van der Waals surface area contributed by atoms with Crippen LogP contribution in [0.25, 0.3) is 0 Å². The second-order valence-corrected chi connectivity index (χ2v) is 7.26. The van der Waals surface area contributed by atoms with Crippen LogP contribution in [0.3, 0.4) is 0 Å². The predicted octanol–water partition coefficient (Wildman–Crippen LogP) is 6.92. The van der Waals surface area contributed by atoms with E-state index in [-0.39, 0.29) is 23.9 Å². The molecule has 0 bridgehead atoms. The quantitative estimate of drug-likeness (QED) is 0.223. The smallest absolute Gasteiger partial charge is 0.347 e. The zero-order valence-corrected chi connectivity index (χ0v) is 18.0. The van der Waals surface area contributed by atoms with Gasteiger partial charge in [-0.3, -0.25) is 0 Å². The van der Waals surface area contributed by atoms with Crippen LogP contribution < -0.4 is 9.47 Å². The Bertz CT molecular complexity index is 989. The van der Waals surface area contributed by atoms with Crippen molar-refractivity contribution in [3.63, 3.8) is 0 Å². The molecule has 0 fully saturated rings. The summed E-state index contributed by atoms with van der Waals surface area (Å²) < 4.78 is 11.6. The maximum atomic E-state index is 13.1. The molecular weight excluding hydrogens is 431 g/mol. The number of carbonyl (C=O) groups excluding carboxylic acids is 1. The Morgan fingerprint density at radius 2 is 1.48 bits per heavy atom. The van der Waals surface area contributed by atoms with Crippen LogP contribution >= 0.6 is 34.8 Å². The van der Waals surface area contributed by atoms with Gasteiger partial charge in [-0.25, -0.2) is 4.79 Å². The van der Waals surface area contributed by atoms with Crippen molar-refractivity contribution in [2.75, 3.05) is 0 Å². The highest BCUT2D eigenvalue weighted by molar-refractivity contribution is 6.34. The lowest BCUT2D eigenvalue weighted by atomic mass is 9.98. The van der Waals surface area contributed by atoms with Gasteiger partial charge in [0.2, 0.25) is 0 Å². The second kappa shape index (κ2) is 10.0. The van der Waals surface area contributed by atoms with E-state index >= 15 is 0 Å². The van der Waals surface area contributed by atoms with Gasteiger partial charge in [-0.1, -0.05) is 60.1 Å². The Morgan fingerprint density at radius 1 is 0.897 bits per heavy atom. The summed E-state index contributed by atoms with van der Waals surface area (Å²) in [5, 5.41) is 0.391. The third kappa shape index (κ3) is 4.87. The third-order valence-corrected chi connectivity index (χ3v) is 5.53. The lowest BCUT2D eigenvalue weighted by Gasteiger charge is -2.21. The molecule has 6 heteroatoms. The molecule has 0 saturated carbocycles.